The van der Waals surface area contributed by atoms with E-state index < -0.39 is 0 Å². The van der Waals surface area contributed by atoms with Crippen molar-refractivity contribution in [1.29, 1.82) is 0 Å². The summed E-state index contributed by atoms with van der Waals surface area (Å²) in [4.78, 5) is 9.30. The van der Waals surface area contributed by atoms with E-state index >= 15 is 0 Å². The average Bonchev–Trinajstić information content (AvgIpc) is 3.24. The first kappa shape index (κ1) is 18.9. The summed E-state index contributed by atoms with van der Waals surface area (Å²) in [5.41, 5.74) is 4.24. The Hall–Kier alpha value is -3.05. The number of ether oxygens (including phenoxy) is 1. The molecule has 30 heavy (non-hydrogen) atoms. The summed E-state index contributed by atoms with van der Waals surface area (Å²) in [5, 5.41) is 3.69. The van der Waals surface area contributed by atoms with Crippen LogP contribution in [0, 0.1) is 13.8 Å². The Morgan fingerprint density at radius 2 is 1.77 bits per heavy atom. The minimum Gasteiger partial charge on any atom is -0.497 e. The maximum Gasteiger partial charge on any atom is 0.137 e. The molecule has 0 bridgehead atoms. The highest BCUT2D eigenvalue weighted by atomic mass is 35.5. The summed E-state index contributed by atoms with van der Waals surface area (Å²) in [6.45, 7) is 5.88. The molecule has 0 amide bonds. The molecular weight excluding hydrogens is 396 g/mol. The molecule has 0 N–H and O–H groups in total. The number of aryl methyl sites for hydroxylation is 4. The molecule has 6 heteroatoms. The van der Waals surface area contributed by atoms with Crippen molar-refractivity contribution in [2.45, 2.75) is 33.4 Å². The van der Waals surface area contributed by atoms with E-state index in [0.29, 0.717) is 5.15 Å². The van der Waals surface area contributed by atoms with E-state index in [0.717, 1.165) is 69.5 Å². The fourth-order valence-electron chi connectivity index (χ4n) is 4.38. The van der Waals surface area contributed by atoms with Gasteiger partial charge in [-0.3, -0.25) is 0 Å². The molecule has 0 fully saturated rings. The Labute approximate surface area is 179 Å². The lowest BCUT2D eigenvalue weighted by atomic mass is 10.1. The van der Waals surface area contributed by atoms with Gasteiger partial charge < -0.3 is 13.9 Å². The van der Waals surface area contributed by atoms with Crippen molar-refractivity contribution >= 4 is 44.3 Å². The number of halogens is 1. The second-order valence-corrected chi connectivity index (χ2v) is 8.01. The second kappa shape index (κ2) is 7.33. The molecule has 0 aliphatic carbocycles. The third-order valence-electron chi connectivity index (χ3n) is 5.74. The quantitative estimate of drug-likeness (QED) is 0.333. The number of hydrogen-bond donors (Lipinski definition) is 0. The summed E-state index contributed by atoms with van der Waals surface area (Å²) >= 11 is 6.56. The first-order chi connectivity index (χ1) is 14.6. The number of benzene rings is 2. The van der Waals surface area contributed by atoms with Gasteiger partial charge in [0.1, 0.15) is 16.7 Å². The van der Waals surface area contributed by atoms with Gasteiger partial charge in [-0.15, -0.1) is 0 Å². The van der Waals surface area contributed by atoms with Crippen LogP contribution in [-0.2, 0) is 13.1 Å². The largest absolute Gasteiger partial charge is 0.497 e. The van der Waals surface area contributed by atoms with Gasteiger partial charge in [-0.05, 0) is 38.5 Å². The van der Waals surface area contributed by atoms with Crippen molar-refractivity contribution < 1.29 is 4.74 Å². The first-order valence-electron chi connectivity index (χ1n) is 10.1. The molecule has 3 aromatic heterocycles. The van der Waals surface area contributed by atoms with Crippen LogP contribution in [0.4, 0.5) is 0 Å². The number of aromatic nitrogens is 4. The van der Waals surface area contributed by atoms with Crippen molar-refractivity contribution in [3.05, 3.63) is 65.3 Å². The Bertz CT molecular complexity index is 1400. The topological polar surface area (TPSA) is 44.9 Å². The van der Waals surface area contributed by atoms with E-state index in [1.165, 1.54) is 0 Å². The van der Waals surface area contributed by atoms with E-state index in [9.17, 15) is 0 Å². The third-order valence-corrected chi connectivity index (χ3v) is 6.02. The van der Waals surface area contributed by atoms with E-state index in [1.54, 1.807) is 7.11 Å². The summed E-state index contributed by atoms with van der Waals surface area (Å²) in [6, 6.07) is 14.4. The molecule has 0 spiro atoms. The Balaban J connectivity index is 1.68. The zero-order valence-corrected chi connectivity index (χ0v) is 18.1. The van der Waals surface area contributed by atoms with Crippen molar-refractivity contribution in [3.63, 3.8) is 0 Å². The van der Waals surface area contributed by atoms with Gasteiger partial charge >= 0.3 is 0 Å². The van der Waals surface area contributed by atoms with Gasteiger partial charge in [-0.1, -0.05) is 35.9 Å². The predicted octanol–water partition coefficient (Wildman–Crippen LogP) is 5.91. The summed E-state index contributed by atoms with van der Waals surface area (Å²) < 4.78 is 10.1. The second-order valence-electron chi connectivity index (χ2n) is 7.66. The minimum absolute atomic E-state index is 0.532. The lowest BCUT2D eigenvalue weighted by Gasteiger charge is -2.11. The van der Waals surface area contributed by atoms with Crippen LogP contribution >= 0.6 is 11.6 Å². The molecule has 0 saturated heterocycles. The van der Waals surface area contributed by atoms with Crippen LogP contribution in [0.1, 0.15) is 17.9 Å². The molecule has 0 saturated carbocycles. The van der Waals surface area contributed by atoms with Crippen LogP contribution in [0.2, 0.25) is 5.15 Å². The van der Waals surface area contributed by atoms with Crippen LogP contribution in [0.3, 0.4) is 0 Å². The maximum atomic E-state index is 6.56. The van der Waals surface area contributed by atoms with Crippen molar-refractivity contribution in [2.75, 3.05) is 7.11 Å². The molecule has 0 aliphatic heterocycles. The standard InChI is InChI=1S/C24H23ClN4O/c1-15-14-28(16(2)26-15)11-6-12-29-21-10-9-17(30-3)13-20(21)22-23(29)18-7-4-5-8-19(18)24(25)27-22/h4-5,7-10,13-14H,6,11-12H2,1-3H3. The van der Waals surface area contributed by atoms with Crippen LogP contribution in [0.25, 0.3) is 32.7 Å². The van der Waals surface area contributed by atoms with Crippen molar-refractivity contribution in [2.24, 2.45) is 0 Å². The molecule has 152 valence electrons. The molecule has 0 radical (unpaired) electrons. The molecule has 5 aromatic rings. The lowest BCUT2D eigenvalue weighted by Crippen LogP contribution is -2.05. The SMILES string of the molecule is COc1ccc2c(c1)c1nc(Cl)c3ccccc3c1n2CCCn1cc(C)nc1C. The summed E-state index contributed by atoms with van der Waals surface area (Å²) in [5.74, 6) is 1.87. The molecular formula is C24H23ClN4O. The highest BCUT2D eigenvalue weighted by molar-refractivity contribution is 6.36. The number of rotatable bonds is 5. The smallest absolute Gasteiger partial charge is 0.137 e. The van der Waals surface area contributed by atoms with Gasteiger partial charge in [0.2, 0.25) is 0 Å². The van der Waals surface area contributed by atoms with Gasteiger partial charge in [-0.25, -0.2) is 9.97 Å². The molecule has 5 nitrogen and oxygen atoms in total. The number of imidazole rings is 1. The number of hydrogen-bond acceptors (Lipinski definition) is 3. The van der Waals surface area contributed by atoms with Crippen LogP contribution in [0.15, 0.2) is 48.7 Å². The normalized spacial score (nSPS) is 11.7. The first-order valence-corrected chi connectivity index (χ1v) is 10.5. The Morgan fingerprint density at radius 1 is 0.967 bits per heavy atom. The van der Waals surface area contributed by atoms with Crippen LogP contribution in [-0.4, -0.2) is 26.2 Å². The molecule has 0 unspecified atom stereocenters. The fraction of sp³-hybridized carbons (Fsp3) is 0.250. The van der Waals surface area contributed by atoms with Gasteiger partial charge in [-0.2, -0.15) is 0 Å². The minimum atomic E-state index is 0.532. The maximum absolute atomic E-state index is 6.56. The van der Waals surface area contributed by atoms with Crippen molar-refractivity contribution in [1.82, 2.24) is 19.1 Å². The zero-order chi connectivity index (χ0) is 20.8. The molecule has 0 aliphatic rings. The van der Waals surface area contributed by atoms with E-state index in [-0.39, 0.29) is 0 Å². The van der Waals surface area contributed by atoms with E-state index in [2.05, 4.69) is 51.5 Å². The van der Waals surface area contributed by atoms with Gasteiger partial charge in [0.15, 0.2) is 0 Å². The van der Waals surface area contributed by atoms with E-state index in [4.69, 9.17) is 21.3 Å². The van der Waals surface area contributed by atoms with Gasteiger partial charge in [0, 0.05) is 35.4 Å². The number of methoxy groups -OCH3 is 1. The summed E-state index contributed by atoms with van der Waals surface area (Å²) in [6.07, 6.45) is 3.10. The molecule has 3 heterocycles. The molecule has 2 aromatic carbocycles. The van der Waals surface area contributed by atoms with Crippen LogP contribution in [0.5, 0.6) is 5.75 Å². The highest BCUT2D eigenvalue weighted by Gasteiger charge is 2.17. The fourth-order valence-corrected chi connectivity index (χ4v) is 4.63. The highest BCUT2D eigenvalue weighted by Crippen LogP contribution is 2.37. The molecule has 0 atom stereocenters. The predicted molar refractivity (Wildman–Crippen MR) is 123 cm³/mol. The molecule has 5 rings (SSSR count). The van der Waals surface area contributed by atoms with Gasteiger partial charge in [0.25, 0.3) is 0 Å². The number of fused-ring (bicyclic) bond motifs is 5. The summed E-state index contributed by atoms with van der Waals surface area (Å²) in [7, 11) is 1.69. The Morgan fingerprint density at radius 3 is 2.50 bits per heavy atom. The van der Waals surface area contributed by atoms with Crippen molar-refractivity contribution in [3.8, 4) is 5.75 Å². The van der Waals surface area contributed by atoms with Gasteiger partial charge in [0.05, 0.1) is 29.4 Å². The number of nitrogens with zero attached hydrogens (tertiary/aromatic N) is 4. The van der Waals surface area contributed by atoms with Crippen LogP contribution < -0.4 is 4.74 Å². The monoisotopic (exact) mass is 418 g/mol. The zero-order valence-electron chi connectivity index (χ0n) is 17.3. The lowest BCUT2D eigenvalue weighted by molar-refractivity contribution is 0.415. The number of pyridine rings is 1. The Kier molecular flexibility index (Phi) is 4.63. The average molecular weight is 419 g/mol. The van der Waals surface area contributed by atoms with E-state index in [1.807, 2.05) is 25.1 Å². The third kappa shape index (κ3) is 3.01.